The highest BCUT2D eigenvalue weighted by atomic mass is 32.1. The fourth-order valence-electron chi connectivity index (χ4n) is 6.92. The van der Waals surface area contributed by atoms with Crippen molar-refractivity contribution in [3.8, 4) is 0 Å². The molecule has 4 aliphatic rings. The van der Waals surface area contributed by atoms with Gasteiger partial charge in [0.2, 0.25) is 11.8 Å². The quantitative estimate of drug-likeness (QED) is 0.552. The first-order valence-electron chi connectivity index (χ1n) is 13.8. The number of pyridine rings is 1. The average Bonchev–Trinajstić information content (AvgIpc) is 3.25. The van der Waals surface area contributed by atoms with Gasteiger partial charge in [-0.25, -0.2) is 0 Å². The number of aromatic nitrogens is 1. The molecule has 196 valence electrons. The fourth-order valence-corrected chi connectivity index (χ4v) is 7.89. The van der Waals surface area contributed by atoms with Gasteiger partial charge in [-0.1, -0.05) is 18.2 Å². The molecule has 3 amide bonds. The second-order valence-corrected chi connectivity index (χ2v) is 12.7. The predicted molar refractivity (Wildman–Crippen MR) is 146 cm³/mol. The summed E-state index contributed by atoms with van der Waals surface area (Å²) in [5, 5.41) is 4.12. The summed E-state index contributed by atoms with van der Waals surface area (Å²) in [6, 6.07) is 10.9. The van der Waals surface area contributed by atoms with Crippen molar-refractivity contribution in [2.75, 3.05) is 13.1 Å². The number of rotatable bonds is 4. The molecule has 5 atom stereocenters. The highest BCUT2D eigenvalue weighted by Gasteiger charge is 2.52. The van der Waals surface area contributed by atoms with E-state index < -0.39 is 12.1 Å². The molecule has 0 radical (unpaired) electrons. The van der Waals surface area contributed by atoms with Crippen molar-refractivity contribution in [1.29, 1.82) is 0 Å². The minimum absolute atomic E-state index is 0.0566. The standard InChI is InChI=1S/C30H32N4O3S/c1-17-8-9-31-14-23(17)21-15-33(16-21)30(37)25-7-6-22-11-19-10-20(19)12-24(29(36)34(22)25)32-28(35)27-13-18-4-2-3-5-26(18)38-27/h2-5,8-9,13-14,19-22,24-25H,6-7,10-12,15-16H2,1H3,(H,32,35)/t19-,20+,22-,24+,25+/m1/s1. The van der Waals surface area contributed by atoms with Gasteiger partial charge in [0.15, 0.2) is 0 Å². The number of hydrogen-bond acceptors (Lipinski definition) is 5. The summed E-state index contributed by atoms with van der Waals surface area (Å²) in [4.78, 5) is 49.6. The van der Waals surface area contributed by atoms with Crippen LogP contribution in [0.5, 0.6) is 0 Å². The Bertz CT molecular complexity index is 1400. The first-order valence-corrected chi connectivity index (χ1v) is 14.6. The number of hydrogen-bond donors (Lipinski definition) is 1. The fraction of sp³-hybridized carbons (Fsp3) is 0.467. The third-order valence-corrected chi connectivity index (χ3v) is 10.3. The molecule has 2 aromatic heterocycles. The Hall–Kier alpha value is -3.26. The second kappa shape index (κ2) is 9.19. The summed E-state index contributed by atoms with van der Waals surface area (Å²) in [6.07, 6.45) is 8.03. The van der Waals surface area contributed by atoms with Crippen molar-refractivity contribution in [3.05, 3.63) is 64.8 Å². The van der Waals surface area contributed by atoms with Gasteiger partial charge in [0.25, 0.3) is 5.91 Å². The number of thiophene rings is 1. The van der Waals surface area contributed by atoms with E-state index in [1.54, 1.807) is 6.20 Å². The molecule has 3 aliphatic heterocycles. The molecule has 0 unspecified atom stereocenters. The summed E-state index contributed by atoms with van der Waals surface area (Å²) in [7, 11) is 0. The van der Waals surface area contributed by atoms with E-state index in [0.29, 0.717) is 48.6 Å². The van der Waals surface area contributed by atoms with Gasteiger partial charge >= 0.3 is 0 Å². The number of benzene rings is 1. The van der Waals surface area contributed by atoms with Crippen LogP contribution in [0.3, 0.4) is 0 Å². The second-order valence-electron chi connectivity index (χ2n) is 11.6. The highest BCUT2D eigenvalue weighted by molar-refractivity contribution is 7.20. The lowest BCUT2D eigenvalue weighted by Crippen LogP contribution is -2.59. The third-order valence-electron chi connectivity index (χ3n) is 9.19. The van der Waals surface area contributed by atoms with Crippen LogP contribution in [0.25, 0.3) is 10.1 Å². The van der Waals surface area contributed by atoms with E-state index in [2.05, 4.69) is 17.2 Å². The van der Waals surface area contributed by atoms with Gasteiger partial charge in [0.1, 0.15) is 12.1 Å². The summed E-state index contributed by atoms with van der Waals surface area (Å²) >= 11 is 1.45. The molecule has 0 spiro atoms. The Morgan fingerprint density at radius 2 is 1.87 bits per heavy atom. The van der Waals surface area contributed by atoms with Crippen LogP contribution in [-0.2, 0) is 9.59 Å². The Morgan fingerprint density at radius 3 is 2.68 bits per heavy atom. The van der Waals surface area contributed by atoms with E-state index in [0.717, 1.165) is 29.3 Å². The van der Waals surface area contributed by atoms with Crippen molar-refractivity contribution >= 4 is 39.1 Å². The van der Waals surface area contributed by atoms with E-state index in [-0.39, 0.29) is 23.8 Å². The summed E-state index contributed by atoms with van der Waals surface area (Å²) in [5.41, 5.74) is 2.40. The molecule has 1 N–H and O–H groups in total. The van der Waals surface area contributed by atoms with Gasteiger partial charge in [0, 0.05) is 42.1 Å². The lowest BCUT2D eigenvalue weighted by Gasteiger charge is -2.43. The predicted octanol–water partition coefficient (Wildman–Crippen LogP) is 4.12. The van der Waals surface area contributed by atoms with Crippen molar-refractivity contribution in [3.63, 3.8) is 0 Å². The summed E-state index contributed by atoms with van der Waals surface area (Å²) in [5.74, 6) is 1.16. The number of fused-ring (bicyclic) bond motifs is 3. The topological polar surface area (TPSA) is 82.6 Å². The molecule has 3 saturated heterocycles. The Kier molecular flexibility index (Phi) is 5.76. The van der Waals surface area contributed by atoms with Crippen LogP contribution < -0.4 is 5.32 Å². The Balaban J connectivity index is 1.08. The van der Waals surface area contributed by atoms with Crippen LogP contribution in [0.4, 0.5) is 0 Å². The lowest BCUT2D eigenvalue weighted by atomic mass is 9.89. The van der Waals surface area contributed by atoms with Crippen molar-refractivity contribution in [2.45, 2.75) is 63.1 Å². The first kappa shape index (κ1) is 23.8. The number of likely N-dealkylation sites (tertiary alicyclic amines) is 1. The highest BCUT2D eigenvalue weighted by Crippen LogP contribution is 2.49. The summed E-state index contributed by atoms with van der Waals surface area (Å²) in [6.45, 7) is 3.43. The largest absolute Gasteiger partial charge is 0.340 e. The molecule has 1 saturated carbocycles. The van der Waals surface area contributed by atoms with Crippen LogP contribution in [0.1, 0.15) is 58.8 Å². The zero-order chi connectivity index (χ0) is 26.0. The van der Waals surface area contributed by atoms with Crippen LogP contribution in [0, 0.1) is 18.8 Å². The maximum atomic E-state index is 14.0. The summed E-state index contributed by atoms with van der Waals surface area (Å²) < 4.78 is 1.06. The average molecular weight is 529 g/mol. The van der Waals surface area contributed by atoms with E-state index >= 15 is 0 Å². The molecule has 3 aromatic rings. The minimum atomic E-state index is -0.582. The molecule has 1 aromatic carbocycles. The van der Waals surface area contributed by atoms with Crippen LogP contribution in [0.15, 0.2) is 48.8 Å². The molecule has 1 aliphatic carbocycles. The van der Waals surface area contributed by atoms with Crippen molar-refractivity contribution in [2.24, 2.45) is 11.8 Å². The lowest BCUT2D eigenvalue weighted by molar-refractivity contribution is -0.149. The molecule has 0 bridgehead atoms. The number of aryl methyl sites for hydroxylation is 1. The first-order chi connectivity index (χ1) is 18.5. The van der Waals surface area contributed by atoms with Crippen LogP contribution in [-0.4, -0.2) is 63.7 Å². The van der Waals surface area contributed by atoms with Gasteiger partial charge in [0.05, 0.1) is 4.88 Å². The number of amides is 3. The van der Waals surface area contributed by atoms with Gasteiger partial charge in [-0.05, 0) is 85.6 Å². The number of carbonyl (C=O) groups is 3. The number of nitrogens with zero attached hydrogens (tertiary/aromatic N) is 3. The van der Waals surface area contributed by atoms with E-state index in [4.69, 9.17) is 0 Å². The Labute approximate surface area is 226 Å². The normalized spacial score (nSPS) is 28.8. The minimum Gasteiger partial charge on any atom is -0.340 e. The molecule has 7 rings (SSSR count). The number of nitrogens with one attached hydrogen (secondary N) is 1. The zero-order valence-electron chi connectivity index (χ0n) is 21.5. The molecule has 8 heteroatoms. The van der Waals surface area contributed by atoms with Crippen LogP contribution in [0.2, 0.25) is 0 Å². The molecular formula is C30H32N4O3S. The molecule has 38 heavy (non-hydrogen) atoms. The SMILES string of the molecule is Cc1ccncc1C1CN(C(=O)[C@@H]2CC[C@@H]3C[C@H]4C[C@H]4C[C@H](NC(=O)c4cc5ccccc5s4)C(=O)N32)C1. The van der Waals surface area contributed by atoms with E-state index in [1.165, 1.54) is 22.5 Å². The smallest absolute Gasteiger partial charge is 0.262 e. The van der Waals surface area contributed by atoms with E-state index in [9.17, 15) is 14.4 Å². The maximum absolute atomic E-state index is 14.0. The van der Waals surface area contributed by atoms with Crippen LogP contribution >= 0.6 is 11.3 Å². The molecule has 5 heterocycles. The van der Waals surface area contributed by atoms with Gasteiger partial charge in [-0.3, -0.25) is 19.4 Å². The number of carbonyl (C=O) groups excluding carboxylic acids is 3. The van der Waals surface area contributed by atoms with Gasteiger partial charge in [-0.2, -0.15) is 0 Å². The van der Waals surface area contributed by atoms with Crippen molar-refractivity contribution < 1.29 is 14.4 Å². The van der Waals surface area contributed by atoms with Gasteiger partial charge in [-0.15, -0.1) is 11.3 Å². The molecule has 7 nitrogen and oxygen atoms in total. The van der Waals surface area contributed by atoms with Crippen molar-refractivity contribution in [1.82, 2.24) is 20.1 Å². The molecule has 4 fully saturated rings. The zero-order valence-corrected chi connectivity index (χ0v) is 22.3. The Morgan fingerprint density at radius 1 is 1.05 bits per heavy atom. The monoisotopic (exact) mass is 528 g/mol. The van der Waals surface area contributed by atoms with Gasteiger partial charge < -0.3 is 15.1 Å². The third kappa shape index (κ3) is 4.10. The molecular weight excluding hydrogens is 496 g/mol. The van der Waals surface area contributed by atoms with E-state index in [1.807, 2.05) is 52.4 Å². The maximum Gasteiger partial charge on any atom is 0.262 e.